The number of hydrogen-bond acceptors (Lipinski definition) is 3. The van der Waals surface area contributed by atoms with E-state index < -0.39 is 0 Å². The third kappa shape index (κ3) is 3.67. The zero-order chi connectivity index (χ0) is 14.0. The molecule has 1 aromatic carbocycles. The second kappa shape index (κ2) is 6.80. The van der Waals surface area contributed by atoms with Crippen molar-refractivity contribution in [3.05, 3.63) is 45.5 Å². The molecule has 102 valence electrons. The predicted octanol–water partition coefficient (Wildman–Crippen LogP) is 5.25. The quantitative estimate of drug-likeness (QED) is 0.485. The SMILES string of the molecule is CC(=O)C1=CCC(c2ccc(Cl)c(Cl)c2)N(SI)C1. The highest BCUT2D eigenvalue weighted by atomic mass is 127. The first-order valence-electron chi connectivity index (χ1n) is 5.73. The number of nitrogens with zero attached hydrogens (tertiary/aromatic N) is 1. The molecule has 0 saturated heterocycles. The van der Waals surface area contributed by atoms with E-state index in [2.05, 4.69) is 25.5 Å². The van der Waals surface area contributed by atoms with E-state index in [0.29, 0.717) is 16.6 Å². The van der Waals surface area contributed by atoms with Gasteiger partial charge in [0.1, 0.15) is 0 Å². The van der Waals surface area contributed by atoms with Gasteiger partial charge in [-0.15, -0.1) is 0 Å². The smallest absolute Gasteiger partial charge is 0.156 e. The van der Waals surface area contributed by atoms with Crippen molar-refractivity contribution >= 4 is 59.3 Å². The number of ketones is 1. The van der Waals surface area contributed by atoms with Crippen LogP contribution in [-0.4, -0.2) is 16.6 Å². The van der Waals surface area contributed by atoms with Crippen LogP contribution in [0.1, 0.15) is 24.9 Å². The van der Waals surface area contributed by atoms with Gasteiger partial charge >= 0.3 is 0 Å². The zero-order valence-electron chi connectivity index (χ0n) is 10.2. The van der Waals surface area contributed by atoms with Crippen molar-refractivity contribution in [3.63, 3.8) is 0 Å². The molecule has 0 radical (unpaired) electrons. The highest BCUT2D eigenvalue weighted by Crippen LogP contribution is 2.39. The zero-order valence-corrected chi connectivity index (χ0v) is 14.7. The Labute approximate surface area is 139 Å². The molecule has 1 heterocycles. The summed E-state index contributed by atoms with van der Waals surface area (Å²) in [7, 11) is 1.61. The molecular formula is C13H12Cl2INOS. The maximum atomic E-state index is 11.5. The molecule has 0 bridgehead atoms. The summed E-state index contributed by atoms with van der Waals surface area (Å²) in [6, 6.07) is 5.94. The number of halogens is 3. The number of carbonyl (C=O) groups excluding carboxylic acids is 1. The third-order valence-corrected chi connectivity index (χ3v) is 5.95. The summed E-state index contributed by atoms with van der Waals surface area (Å²) in [4.78, 5) is 11.5. The van der Waals surface area contributed by atoms with Crippen LogP contribution in [0.15, 0.2) is 29.8 Å². The van der Waals surface area contributed by atoms with Crippen LogP contribution in [0.4, 0.5) is 0 Å². The number of Topliss-reactive ketones (excluding diaryl/α,β-unsaturated/α-hetero) is 1. The summed E-state index contributed by atoms with van der Waals surface area (Å²) in [6.45, 7) is 2.27. The van der Waals surface area contributed by atoms with E-state index in [0.717, 1.165) is 17.6 Å². The van der Waals surface area contributed by atoms with Gasteiger partial charge in [-0.2, -0.15) is 0 Å². The molecule has 0 N–H and O–H groups in total. The van der Waals surface area contributed by atoms with Crippen molar-refractivity contribution in [3.8, 4) is 0 Å². The van der Waals surface area contributed by atoms with E-state index >= 15 is 0 Å². The molecule has 0 spiro atoms. The molecule has 1 atom stereocenters. The molecule has 0 aliphatic carbocycles. The molecule has 1 aromatic rings. The standard InChI is InChI=1S/C13H12Cl2INOS/c1-8(18)10-3-5-13(17(7-10)19-16)9-2-4-11(14)12(15)6-9/h2-4,6,13H,5,7H2,1H3. The molecule has 1 aliphatic rings. The van der Waals surface area contributed by atoms with E-state index in [-0.39, 0.29) is 11.8 Å². The van der Waals surface area contributed by atoms with Crippen LogP contribution in [-0.2, 0) is 4.79 Å². The molecule has 1 unspecified atom stereocenters. The normalized spacial score (nSPS) is 20.2. The summed E-state index contributed by atoms with van der Waals surface area (Å²) in [5, 5.41) is 1.13. The molecule has 0 saturated carbocycles. The topological polar surface area (TPSA) is 20.3 Å². The molecule has 6 heteroatoms. The third-order valence-electron chi connectivity index (χ3n) is 3.13. The van der Waals surface area contributed by atoms with Gasteiger partial charge < -0.3 is 0 Å². The summed E-state index contributed by atoms with van der Waals surface area (Å²) in [6.07, 6.45) is 2.84. The maximum Gasteiger partial charge on any atom is 0.156 e. The second-order valence-electron chi connectivity index (χ2n) is 4.35. The molecule has 19 heavy (non-hydrogen) atoms. The summed E-state index contributed by atoms with van der Waals surface area (Å²) < 4.78 is 2.19. The average molecular weight is 428 g/mol. The van der Waals surface area contributed by atoms with Gasteiger partial charge in [-0.1, -0.05) is 35.3 Å². The first-order chi connectivity index (χ1) is 9.02. The number of benzene rings is 1. The first-order valence-corrected chi connectivity index (χ1v) is 9.80. The Bertz CT molecular complexity index is 535. The predicted molar refractivity (Wildman–Crippen MR) is 90.9 cm³/mol. The molecule has 2 nitrogen and oxygen atoms in total. The van der Waals surface area contributed by atoms with Crippen LogP contribution >= 0.6 is 53.5 Å². The number of carbonyl (C=O) groups is 1. The number of hydrogen-bond donors (Lipinski definition) is 0. The Morgan fingerprint density at radius 1 is 1.42 bits per heavy atom. The monoisotopic (exact) mass is 427 g/mol. The summed E-state index contributed by atoms with van der Waals surface area (Å²) in [5.74, 6) is 0.142. The lowest BCUT2D eigenvalue weighted by atomic mass is 9.97. The van der Waals surface area contributed by atoms with Crippen LogP contribution in [0.2, 0.25) is 10.0 Å². The van der Waals surface area contributed by atoms with Crippen molar-refractivity contribution in [1.82, 2.24) is 4.31 Å². The molecular weight excluding hydrogens is 416 g/mol. The Balaban J connectivity index is 2.28. The average Bonchev–Trinajstić information content (AvgIpc) is 2.41. The fourth-order valence-corrected chi connectivity index (χ4v) is 4.10. The summed E-state index contributed by atoms with van der Waals surface area (Å²) in [5.41, 5.74) is 2.00. The highest BCUT2D eigenvalue weighted by molar-refractivity contribution is 14.2. The van der Waals surface area contributed by atoms with Crippen LogP contribution in [0.3, 0.4) is 0 Å². The minimum absolute atomic E-state index is 0.142. The maximum absolute atomic E-state index is 11.5. The van der Waals surface area contributed by atoms with Gasteiger partial charge in [-0.05, 0) is 40.2 Å². The highest BCUT2D eigenvalue weighted by Gasteiger charge is 2.26. The Morgan fingerprint density at radius 3 is 2.74 bits per heavy atom. The fraction of sp³-hybridized carbons (Fsp3) is 0.308. The lowest BCUT2D eigenvalue weighted by molar-refractivity contribution is -0.113. The van der Waals surface area contributed by atoms with Gasteiger partial charge in [-0.3, -0.25) is 4.79 Å². The minimum Gasteiger partial charge on any atom is -0.295 e. The Kier molecular flexibility index (Phi) is 5.60. The van der Waals surface area contributed by atoms with Crippen LogP contribution in [0.5, 0.6) is 0 Å². The minimum atomic E-state index is 0.142. The van der Waals surface area contributed by atoms with E-state index in [4.69, 9.17) is 23.2 Å². The van der Waals surface area contributed by atoms with Crippen molar-refractivity contribution in [2.75, 3.05) is 6.54 Å². The largest absolute Gasteiger partial charge is 0.295 e. The molecule has 0 amide bonds. The van der Waals surface area contributed by atoms with Crippen molar-refractivity contribution in [2.24, 2.45) is 0 Å². The lowest BCUT2D eigenvalue weighted by Gasteiger charge is -2.32. The van der Waals surface area contributed by atoms with Crippen molar-refractivity contribution in [2.45, 2.75) is 19.4 Å². The molecule has 0 aromatic heterocycles. The van der Waals surface area contributed by atoms with E-state index in [1.54, 1.807) is 16.0 Å². The van der Waals surface area contributed by atoms with Gasteiger partial charge in [0.25, 0.3) is 0 Å². The first kappa shape index (κ1) is 15.6. The van der Waals surface area contributed by atoms with Crippen molar-refractivity contribution in [1.29, 1.82) is 0 Å². The molecule has 1 aliphatic heterocycles. The fourth-order valence-electron chi connectivity index (χ4n) is 2.06. The molecule has 0 fully saturated rings. The van der Waals surface area contributed by atoms with Crippen LogP contribution in [0.25, 0.3) is 0 Å². The van der Waals surface area contributed by atoms with Gasteiger partial charge in [0.15, 0.2) is 5.78 Å². The van der Waals surface area contributed by atoms with Gasteiger partial charge in [0, 0.05) is 39.4 Å². The van der Waals surface area contributed by atoms with Gasteiger partial charge in [-0.25, -0.2) is 4.31 Å². The van der Waals surface area contributed by atoms with Crippen LogP contribution in [0, 0.1) is 0 Å². The van der Waals surface area contributed by atoms with Gasteiger partial charge in [0.05, 0.1) is 10.0 Å². The van der Waals surface area contributed by atoms with Crippen LogP contribution < -0.4 is 0 Å². The second-order valence-corrected chi connectivity index (χ2v) is 6.96. The van der Waals surface area contributed by atoms with E-state index in [1.165, 1.54) is 0 Å². The van der Waals surface area contributed by atoms with Crippen molar-refractivity contribution < 1.29 is 4.79 Å². The summed E-state index contributed by atoms with van der Waals surface area (Å²) >= 11 is 14.3. The van der Waals surface area contributed by atoms with Gasteiger partial charge in [0.2, 0.25) is 0 Å². The van der Waals surface area contributed by atoms with E-state index in [9.17, 15) is 4.79 Å². The Morgan fingerprint density at radius 2 is 2.16 bits per heavy atom. The Hall–Kier alpha value is 0.250. The van der Waals surface area contributed by atoms with E-state index in [1.807, 2.05) is 24.3 Å². The molecule has 2 rings (SSSR count). The lowest BCUT2D eigenvalue weighted by Crippen LogP contribution is -2.28. The number of rotatable bonds is 3.